The summed E-state index contributed by atoms with van der Waals surface area (Å²) in [6, 6.07) is 65.2. The molecule has 0 nitrogen and oxygen atoms in total. The molecule has 4 heteroatoms. The summed E-state index contributed by atoms with van der Waals surface area (Å²) in [6.45, 7) is 14.2. The van der Waals surface area contributed by atoms with Crippen molar-refractivity contribution in [2.45, 2.75) is 46.5 Å². The number of benzene rings is 6. The molecule has 0 fully saturated rings. The molecule has 0 aromatic heterocycles. The zero-order chi connectivity index (χ0) is 38.0. The molecule has 0 saturated carbocycles. The molecule has 0 saturated heterocycles. The predicted octanol–water partition coefficient (Wildman–Crippen LogP) is 16.6. The molecule has 0 aliphatic heterocycles. The number of halogens is 2. The maximum atomic E-state index is 3.06. The van der Waals surface area contributed by atoms with Crippen LogP contribution >= 0.6 is 24.8 Å². The molecule has 9 aromatic carbocycles. The van der Waals surface area contributed by atoms with Crippen LogP contribution in [0.15, 0.2) is 182 Å². The zero-order valence-electron chi connectivity index (χ0n) is 34.8. The summed E-state index contributed by atoms with van der Waals surface area (Å²) in [7, 11) is 0. The van der Waals surface area contributed by atoms with Crippen molar-refractivity contribution in [3.63, 3.8) is 0 Å². The third-order valence-corrected chi connectivity index (χ3v) is 10.0. The molecule has 9 rings (SSSR count). The summed E-state index contributed by atoms with van der Waals surface area (Å²) in [5, 5.41) is 8.12. The molecule has 0 atom stereocenters. The van der Waals surface area contributed by atoms with Crippen molar-refractivity contribution in [2.75, 3.05) is 0 Å². The van der Waals surface area contributed by atoms with Gasteiger partial charge in [-0.25, -0.2) is 0 Å². The minimum atomic E-state index is 0. The zero-order valence-corrected chi connectivity index (χ0v) is 39.9. The monoisotopic (exact) mass is 891 g/mol. The fourth-order valence-corrected chi connectivity index (χ4v) is 7.18. The van der Waals surface area contributed by atoms with E-state index in [1.165, 1.54) is 106 Å². The van der Waals surface area contributed by atoms with Crippen LogP contribution in [-0.2, 0) is 23.3 Å². The molecular weight excluding hydrogens is 839 g/mol. The van der Waals surface area contributed by atoms with E-state index in [1.54, 1.807) is 0 Å². The van der Waals surface area contributed by atoms with Crippen LogP contribution in [0.5, 0.6) is 0 Å². The summed E-state index contributed by atoms with van der Waals surface area (Å²) in [4.78, 5) is 0. The summed E-state index contributed by atoms with van der Waals surface area (Å²) in [5.74, 6) is 1.17. The summed E-state index contributed by atoms with van der Waals surface area (Å²) >= 11 is 1.36. The van der Waals surface area contributed by atoms with E-state index in [-0.39, 0.29) is 39.7 Å². The van der Waals surface area contributed by atoms with Crippen LogP contribution in [-0.4, -0.2) is 6.88 Å². The van der Waals surface area contributed by atoms with E-state index in [0.29, 0.717) is 11.8 Å². The van der Waals surface area contributed by atoms with E-state index in [0.717, 1.165) is 0 Å². The van der Waals surface area contributed by atoms with Gasteiger partial charge in [0, 0.05) is 0 Å². The number of hydrogen-bond acceptors (Lipinski definition) is 0. The van der Waals surface area contributed by atoms with Gasteiger partial charge in [-0.2, -0.15) is 18.2 Å². The Hall–Kier alpha value is -4.17. The molecule has 58 heavy (non-hydrogen) atoms. The van der Waals surface area contributed by atoms with Gasteiger partial charge in [-0.3, -0.25) is 0 Å². The second-order valence-corrected chi connectivity index (χ2v) is 14.4. The molecule has 0 bridgehead atoms. The van der Waals surface area contributed by atoms with Crippen molar-refractivity contribution in [2.24, 2.45) is 0 Å². The normalized spacial score (nSPS) is 10.0. The standard InChI is InChI=1S/2C18H17.C16H13.2CH3.2ClH.Si.Zr/c2*1-13(2)16-11-15-9-6-10-17(18(15)12-16)14-7-4-3-5-8-14;1-12-10-14-8-5-9-15(16(14)11-12)13-6-3-2-4-7-13;;;;;;/h2*3-13H,1-2H3;2-11H,1H3;2*1H3;2*1H;;/q5*-1;;;;. The SMILES string of the molecule is CC(C)c1cc2c(-c3ccccc3)cccc2[cH-]1.CC(C)c1cc2c(-c3ccccc3)cccc2[cH-]1.Cc1cc2c(-c3ccccc3)cccc2[cH-]1.Cl.Cl.[CH3-].[CH3-].[Si]=[Zr]. The Balaban J connectivity index is 0.000000284. The van der Waals surface area contributed by atoms with Gasteiger partial charge in [-0.15, -0.1) is 128 Å². The van der Waals surface area contributed by atoms with Gasteiger partial charge in [-0.05, 0) is 28.5 Å². The van der Waals surface area contributed by atoms with E-state index in [4.69, 9.17) is 0 Å². The molecule has 298 valence electrons. The van der Waals surface area contributed by atoms with Gasteiger partial charge in [0.15, 0.2) is 0 Å². The van der Waals surface area contributed by atoms with Gasteiger partial charge in [0.1, 0.15) is 0 Å². The van der Waals surface area contributed by atoms with Crippen LogP contribution in [0, 0.1) is 21.8 Å². The quantitative estimate of drug-likeness (QED) is 0.119. The van der Waals surface area contributed by atoms with Crippen LogP contribution in [0.3, 0.4) is 0 Å². The van der Waals surface area contributed by atoms with Crippen LogP contribution in [0.4, 0.5) is 0 Å². The first-order chi connectivity index (χ1) is 26.4. The topological polar surface area (TPSA) is 0 Å². The van der Waals surface area contributed by atoms with Crippen LogP contribution in [0.25, 0.3) is 65.7 Å². The number of fused-ring (bicyclic) bond motifs is 3. The van der Waals surface area contributed by atoms with Crippen molar-refractivity contribution in [1.82, 2.24) is 0 Å². The van der Waals surface area contributed by atoms with E-state index in [2.05, 4.69) is 223 Å². The molecule has 0 unspecified atom stereocenters. The molecule has 0 aliphatic rings. The minimum absolute atomic E-state index is 0. The molecular formula is C54H55Cl2SiZr-5. The Labute approximate surface area is 377 Å². The van der Waals surface area contributed by atoms with E-state index >= 15 is 0 Å². The number of rotatable bonds is 5. The Morgan fingerprint density at radius 2 is 0.690 bits per heavy atom. The number of hydrogen-bond donors (Lipinski definition) is 0. The van der Waals surface area contributed by atoms with Crippen molar-refractivity contribution < 1.29 is 23.3 Å². The first-order valence-corrected chi connectivity index (χ1v) is 23.0. The fraction of sp³-hybridized carbons (Fsp3) is 0.130. The van der Waals surface area contributed by atoms with Gasteiger partial charge in [0.25, 0.3) is 0 Å². The molecule has 0 aliphatic carbocycles. The Morgan fingerprint density at radius 3 is 1.00 bits per heavy atom. The molecule has 0 heterocycles. The van der Waals surface area contributed by atoms with Crippen LogP contribution in [0.1, 0.15) is 56.2 Å². The van der Waals surface area contributed by atoms with Gasteiger partial charge < -0.3 is 14.9 Å². The molecule has 0 spiro atoms. The first kappa shape index (κ1) is 50.0. The third kappa shape index (κ3) is 12.0. The summed E-state index contributed by atoms with van der Waals surface area (Å²) < 4.78 is 0. The van der Waals surface area contributed by atoms with E-state index in [9.17, 15) is 0 Å². The second kappa shape index (κ2) is 24.0. The van der Waals surface area contributed by atoms with Crippen LogP contribution in [0.2, 0.25) is 0 Å². The van der Waals surface area contributed by atoms with E-state index in [1.807, 2.05) is 0 Å². The summed E-state index contributed by atoms with van der Waals surface area (Å²) in [5.41, 5.74) is 12.1. The molecule has 0 N–H and O–H groups in total. The Kier molecular flexibility index (Phi) is 20.7. The summed E-state index contributed by atoms with van der Waals surface area (Å²) in [6.07, 6.45) is 0. The predicted molar refractivity (Wildman–Crippen MR) is 261 cm³/mol. The average molecular weight is 894 g/mol. The third-order valence-electron chi connectivity index (χ3n) is 10.0. The first-order valence-electron chi connectivity index (χ1n) is 18.8. The average Bonchev–Trinajstić information content (AvgIpc) is 3.96. The maximum absolute atomic E-state index is 3.06. The van der Waals surface area contributed by atoms with Gasteiger partial charge in [0.05, 0.1) is 0 Å². The van der Waals surface area contributed by atoms with E-state index < -0.39 is 0 Å². The molecule has 0 amide bonds. The Bertz CT molecular complexity index is 2420. The van der Waals surface area contributed by atoms with Gasteiger partial charge >= 0.3 is 30.2 Å². The van der Waals surface area contributed by atoms with Crippen molar-refractivity contribution in [1.29, 1.82) is 0 Å². The van der Waals surface area contributed by atoms with Gasteiger partial charge in [-0.1, -0.05) is 161 Å². The van der Waals surface area contributed by atoms with Crippen molar-refractivity contribution in [3.8, 4) is 33.4 Å². The number of aryl methyl sites for hydroxylation is 1. The second-order valence-electron chi connectivity index (χ2n) is 14.4. The fourth-order valence-electron chi connectivity index (χ4n) is 7.18. The molecule has 2 radical (unpaired) electrons. The van der Waals surface area contributed by atoms with Crippen molar-refractivity contribution >= 4 is 64.0 Å². The van der Waals surface area contributed by atoms with Gasteiger partial charge in [0.2, 0.25) is 0 Å². The van der Waals surface area contributed by atoms with Crippen molar-refractivity contribution in [3.05, 3.63) is 214 Å². The Morgan fingerprint density at radius 1 is 0.397 bits per heavy atom. The van der Waals surface area contributed by atoms with Crippen LogP contribution < -0.4 is 0 Å². The molecule has 9 aromatic rings.